The van der Waals surface area contributed by atoms with Crippen LogP contribution in [0.2, 0.25) is 0 Å². The van der Waals surface area contributed by atoms with Crippen LogP contribution in [-0.4, -0.2) is 80.6 Å². The summed E-state index contributed by atoms with van der Waals surface area (Å²) in [4.78, 5) is 9.40. The zero-order chi connectivity index (χ0) is 18.5. The zero-order valence-corrected chi connectivity index (χ0v) is 17.2. The van der Waals surface area contributed by atoms with E-state index >= 15 is 0 Å². The Labute approximate surface area is 163 Å². The van der Waals surface area contributed by atoms with Crippen LogP contribution in [0, 0.1) is 0 Å². The summed E-state index contributed by atoms with van der Waals surface area (Å²) in [5.74, 6) is 2.17. The van der Waals surface area contributed by atoms with E-state index in [2.05, 4.69) is 62.0 Å². The van der Waals surface area contributed by atoms with E-state index in [-0.39, 0.29) is 0 Å². The molecule has 1 aromatic carbocycles. The van der Waals surface area contributed by atoms with Gasteiger partial charge in [-0.1, -0.05) is 30.3 Å². The highest BCUT2D eigenvalue weighted by atomic mass is 32.2. The molecule has 0 radical (unpaired) electrons. The van der Waals surface area contributed by atoms with Crippen molar-refractivity contribution in [1.29, 1.82) is 0 Å². The SMILES string of the molecule is CN=C(NCCCCSC)NCCN1CCN(Cc2ccccc2)CC1. The molecule has 1 saturated heterocycles. The van der Waals surface area contributed by atoms with Gasteiger partial charge in [-0.15, -0.1) is 0 Å². The Bertz CT molecular complexity index is 500. The Hall–Kier alpha value is -1.24. The Kier molecular flexibility index (Phi) is 10.5. The fourth-order valence-electron chi connectivity index (χ4n) is 3.14. The number of aliphatic imine (C=N–C) groups is 1. The van der Waals surface area contributed by atoms with Crippen molar-refractivity contribution < 1.29 is 0 Å². The molecule has 0 bridgehead atoms. The van der Waals surface area contributed by atoms with Crippen molar-refractivity contribution in [2.45, 2.75) is 19.4 Å². The molecular weight excluding hydrogens is 342 g/mol. The van der Waals surface area contributed by atoms with E-state index in [1.54, 1.807) is 0 Å². The fourth-order valence-corrected chi connectivity index (χ4v) is 3.64. The van der Waals surface area contributed by atoms with Gasteiger partial charge in [0.1, 0.15) is 0 Å². The van der Waals surface area contributed by atoms with Crippen LogP contribution in [0.1, 0.15) is 18.4 Å². The maximum absolute atomic E-state index is 4.31. The van der Waals surface area contributed by atoms with Gasteiger partial charge in [-0.25, -0.2) is 0 Å². The van der Waals surface area contributed by atoms with E-state index in [0.717, 1.165) is 58.3 Å². The maximum atomic E-state index is 4.31. The largest absolute Gasteiger partial charge is 0.356 e. The number of piperazine rings is 1. The lowest BCUT2D eigenvalue weighted by Gasteiger charge is -2.34. The van der Waals surface area contributed by atoms with Crippen molar-refractivity contribution in [2.24, 2.45) is 4.99 Å². The van der Waals surface area contributed by atoms with E-state index < -0.39 is 0 Å². The molecule has 0 spiro atoms. The first-order valence-corrected chi connectivity index (χ1v) is 11.1. The van der Waals surface area contributed by atoms with E-state index in [0.29, 0.717) is 0 Å². The molecule has 1 aliphatic heterocycles. The average Bonchev–Trinajstić information content (AvgIpc) is 2.68. The van der Waals surface area contributed by atoms with Crippen LogP contribution in [0.3, 0.4) is 0 Å². The third-order valence-corrected chi connectivity index (χ3v) is 5.42. The average molecular weight is 378 g/mol. The van der Waals surface area contributed by atoms with Crippen molar-refractivity contribution in [1.82, 2.24) is 20.4 Å². The molecule has 6 heteroatoms. The van der Waals surface area contributed by atoms with Gasteiger partial charge in [-0.3, -0.25) is 14.8 Å². The van der Waals surface area contributed by atoms with Crippen LogP contribution >= 0.6 is 11.8 Å². The van der Waals surface area contributed by atoms with E-state index in [4.69, 9.17) is 0 Å². The first kappa shape index (κ1) is 21.1. The van der Waals surface area contributed by atoms with Gasteiger partial charge >= 0.3 is 0 Å². The third-order valence-electron chi connectivity index (χ3n) is 4.73. The molecule has 0 saturated carbocycles. The minimum Gasteiger partial charge on any atom is -0.356 e. The van der Waals surface area contributed by atoms with E-state index in [9.17, 15) is 0 Å². The summed E-state index contributed by atoms with van der Waals surface area (Å²) < 4.78 is 0. The first-order chi connectivity index (χ1) is 12.8. The lowest BCUT2D eigenvalue weighted by Crippen LogP contribution is -2.49. The number of hydrogen-bond acceptors (Lipinski definition) is 4. The number of nitrogens with one attached hydrogen (secondary N) is 2. The molecule has 5 nitrogen and oxygen atoms in total. The lowest BCUT2D eigenvalue weighted by molar-refractivity contribution is 0.129. The summed E-state index contributed by atoms with van der Waals surface area (Å²) in [5.41, 5.74) is 1.41. The molecular formula is C20H35N5S. The molecule has 1 aliphatic rings. The molecule has 1 heterocycles. The summed E-state index contributed by atoms with van der Waals surface area (Å²) in [5, 5.41) is 6.84. The quantitative estimate of drug-likeness (QED) is 0.371. The Morgan fingerprint density at radius 2 is 1.69 bits per heavy atom. The van der Waals surface area contributed by atoms with Crippen LogP contribution < -0.4 is 10.6 Å². The molecule has 0 unspecified atom stereocenters. The maximum Gasteiger partial charge on any atom is 0.191 e. The number of thioether (sulfide) groups is 1. The summed E-state index contributed by atoms with van der Waals surface area (Å²) >= 11 is 1.91. The van der Waals surface area contributed by atoms with Gasteiger partial charge in [-0.2, -0.15) is 11.8 Å². The minimum atomic E-state index is 0.928. The second-order valence-electron chi connectivity index (χ2n) is 6.73. The highest BCUT2D eigenvalue weighted by molar-refractivity contribution is 7.98. The van der Waals surface area contributed by atoms with Crippen molar-refractivity contribution in [3.05, 3.63) is 35.9 Å². The molecule has 1 aromatic rings. The summed E-state index contributed by atoms with van der Waals surface area (Å²) in [6, 6.07) is 10.8. The Morgan fingerprint density at radius 1 is 1.00 bits per heavy atom. The van der Waals surface area contributed by atoms with Gasteiger partial charge in [0.15, 0.2) is 5.96 Å². The van der Waals surface area contributed by atoms with Crippen molar-refractivity contribution >= 4 is 17.7 Å². The van der Waals surface area contributed by atoms with Gasteiger partial charge in [0, 0.05) is 59.4 Å². The number of unbranched alkanes of at least 4 members (excludes halogenated alkanes) is 1. The third kappa shape index (κ3) is 8.43. The predicted octanol–water partition coefficient (Wildman–Crippen LogP) is 2.11. The van der Waals surface area contributed by atoms with Gasteiger partial charge in [-0.05, 0) is 30.4 Å². The zero-order valence-electron chi connectivity index (χ0n) is 16.4. The minimum absolute atomic E-state index is 0.928. The summed E-state index contributed by atoms with van der Waals surface area (Å²) in [6.45, 7) is 8.69. The molecule has 0 aromatic heterocycles. The molecule has 0 aliphatic carbocycles. The van der Waals surface area contributed by atoms with Crippen LogP contribution in [0.25, 0.3) is 0 Å². The highest BCUT2D eigenvalue weighted by Gasteiger charge is 2.16. The van der Waals surface area contributed by atoms with Gasteiger partial charge < -0.3 is 10.6 Å². The molecule has 146 valence electrons. The lowest BCUT2D eigenvalue weighted by atomic mass is 10.2. The number of benzene rings is 1. The smallest absolute Gasteiger partial charge is 0.191 e. The van der Waals surface area contributed by atoms with Crippen LogP contribution in [0.4, 0.5) is 0 Å². The summed E-state index contributed by atoms with van der Waals surface area (Å²) in [7, 11) is 1.85. The Balaban J connectivity index is 1.55. The monoisotopic (exact) mass is 377 g/mol. The Morgan fingerprint density at radius 3 is 2.38 bits per heavy atom. The van der Waals surface area contributed by atoms with Crippen molar-refractivity contribution in [2.75, 3.05) is 64.9 Å². The number of guanidine groups is 1. The second kappa shape index (κ2) is 13.0. The molecule has 1 fully saturated rings. The van der Waals surface area contributed by atoms with Crippen LogP contribution in [0.5, 0.6) is 0 Å². The molecule has 2 rings (SSSR count). The molecule has 26 heavy (non-hydrogen) atoms. The van der Waals surface area contributed by atoms with E-state index in [1.165, 1.54) is 24.2 Å². The first-order valence-electron chi connectivity index (χ1n) is 9.74. The van der Waals surface area contributed by atoms with Gasteiger partial charge in [0.05, 0.1) is 0 Å². The molecule has 2 N–H and O–H groups in total. The second-order valence-corrected chi connectivity index (χ2v) is 7.71. The van der Waals surface area contributed by atoms with Gasteiger partial charge in [0.25, 0.3) is 0 Å². The number of hydrogen-bond donors (Lipinski definition) is 2. The van der Waals surface area contributed by atoms with Crippen LogP contribution in [0.15, 0.2) is 35.3 Å². The van der Waals surface area contributed by atoms with Crippen LogP contribution in [-0.2, 0) is 6.54 Å². The van der Waals surface area contributed by atoms with E-state index in [1.807, 2.05) is 18.8 Å². The standard InChI is InChI=1S/C20H35N5S/c1-21-20(22-10-6-7-17-26-2)23-11-12-24-13-15-25(16-14-24)18-19-8-4-3-5-9-19/h3-5,8-9H,6-7,10-18H2,1-2H3,(H2,21,22,23). The fraction of sp³-hybridized carbons (Fsp3) is 0.650. The number of nitrogens with zero attached hydrogens (tertiary/aromatic N) is 3. The molecule has 0 amide bonds. The summed E-state index contributed by atoms with van der Waals surface area (Å²) in [6.07, 6.45) is 4.62. The molecule has 0 atom stereocenters. The van der Waals surface area contributed by atoms with Gasteiger partial charge in [0.2, 0.25) is 0 Å². The normalized spacial score (nSPS) is 16.6. The predicted molar refractivity (Wildman–Crippen MR) is 115 cm³/mol. The topological polar surface area (TPSA) is 42.9 Å². The van der Waals surface area contributed by atoms with Crippen molar-refractivity contribution in [3.8, 4) is 0 Å². The number of rotatable bonds is 10. The highest BCUT2D eigenvalue weighted by Crippen LogP contribution is 2.07. The van der Waals surface area contributed by atoms with Crippen molar-refractivity contribution in [3.63, 3.8) is 0 Å².